The Balaban J connectivity index is 2.10. The summed E-state index contributed by atoms with van der Waals surface area (Å²) in [5, 5.41) is 13.0. The number of nitrogens with one attached hydrogen (secondary N) is 1. The number of anilines is 1. The molecule has 0 bridgehead atoms. The third-order valence-electron chi connectivity index (χ3n) is 2.66. The van der Waals surface area contributed by atoms with Crippen LogP contribution in [0.3, 0.4) is 0 Å². The highest BCUT2D eigenvalue weighted by Crippen LogP contribution is 2.17. The Labute approximate surface area is 122 Å². The van der Waals surface area contributed by atoms with Gasteiger partial charge in [0.25, 0.3) is 0 Å². The van der Waals surface area contributed by atoms with Crippen molar-refractivity contribution in [1.29, 1.82) is 0 Å². The van der Waals surface area contributed by atoms with Crippen LogP contribution in [0.1, 0.15) is 17.3 Å². The van der Waals surface area contributed by atoms with Crippen LogP contribution in [-0.4, -0.2) is 10.9 Å². The molecule has 2 rings (SSSR count). The van der Waals surface area contributed by atoms with Gasteiger partial charge in [0.05, 0.1) is 0 Å². The topological polar surface area (TPSA) is 49.3 Å². The molecule has 0 atom stereocenters. The minimum absolute atomic E-state index is 0.105. The summed E-state index contributed by atoms with van der Waals surface area (Å²) in [6.45, 7) is 1.79. The number of halogens is 1. The van der Waals surface area contributed by atoms with E-state index in [4.69, 9.17) is 11.6 Å². The molecule has 0 heterocycles. The van der Waals surface area contributed by atoms with Gasteiger partial charge in [-0.05, 0) is 43.3 Å². The van der Waals surface area contributed by atoms with Gasteiger partial charge in [0.15, 0.2) is 5.78 Å². The number of phenols is 1. The van der Waals surface area contributed by atoms with Crippen LogP contribution in [0.2, 0.25) is 5.02 Å². The van der Waals surface area contributed by atoms with Crippen LogP contribution >= 0.6 is 11.6 Å². The lowest BCUT2D eigenvalue weighted by Crippen LogP contribution is -2.01. The molecule has 0 amide bonds. The predicted molar refractivity (Wildman–Crippen MR) is 81.3 cm³/mol. The molecule has 3 nitrogen and oxygen atoms in total. The van der Waals surface area contributed by atoms with Crippen LogP contribution in [-0.2, 0) is 0 Å². The zero-order valence-electron chi connectivity index (χ0n) is 10.9. The Kier molecular flexibility index (Phi) is 4.43. The maximum absolute atomic E-state index is 12.0. The zero-order chi connectivity index (χ0) is 14.5. The van der Waals surface area contributed by atoms with E-state index < -0.39 is 0 Å². The van der Waals surface area contributed by atoms with Crippen LogP contribution in [0.4, 0.5) is 5.69 Å². The molecule has 0 aliphatic heterocycles. The van der Waals surface area contributed by atoms with Gasteiger partial charge in [0.1, 0.15) is 5.75 Å². The van der Waals surface area contributed by atoms with Gasteiger partial charge < -0.3 is 10.4 Å². The number of allylic oxidation sites excluding steroid dienone is 2. The molecule has 0 saturated carbocycles. The smallest absolute Gasteiger partial charge is 0.187 e. The summed E-state index contributed by atoms with van der Waals surface area (Å²) in [6.07, 6.45) is 1.51. The Hall–Kier alpha value is -2.26. The van der Waals surface area contributed by atoms with Crippen LogP contribution in [0.25, 0.3) is 0 Å². The molecule has 0 saturated heterocycles. The minimum atomic E-state index is -0.105. The number of rotatable bonds is 4. The molecule has 0 fully saturated rings. The van der Waals surface area contributed by atoms with Crippen molar-refractivity contribution >= 4 is 23.1 Å². The van der Waals surface area contributed by atoms with Crippen molar-refractivity contribution in [1.82, 2.24) is 0 Å². The standard InChI is InChI=1S/C16H14ClNO2/c1-11(18-14-3-2-4-15(19)10-14)9-16(20)12-5-7-13(17)8-6-12/h2-10,18-19H,1H3/b11-9+. The number of ketones is 1. The maximum Gasteiger partial charge on any atom is 0.187 e. The van der Waals surface area contributed by atoms with Gasteiger partial charge in [-0.3, -0.25) is 4.79 Å². The summed E-state index contributed by atoms with van der Waals surface area (Å²) in [7, 11) is 0. The Morgan fingerprint density at radius 1 is 1.20 bits per heavy atom. The first kappa shape index (κ1) is 14.2. The van der Waals surface area contributed by atoms with E-state index >= 15 is 0 Å². The zero-order valence-corrected chi connectivity index (χ0v) is 11.7. The van der Waals surface area contributed by atoms with E-state index in [2.05, 4.69) is 5.32 Å². The number of carbonyl (C=O) groups excluding carboxylic acids is 1. The molecule has 20 heavy (non-hydrogen) atoms. The molecule has 0 aliphatic carbocycles. The number of benzene rings is 2. The number of hydrogen-bond acceptors (Lipinski definition) is 3. The number of aromatic hydroxyl groups is 1. The second-order valence-corrected chi connectivity index (χ2v) is 4.81. The quantitative estimate of drug-likeness (QED) is 0.653. The molecule has 0 aliphatic rings. The normalized spacial score (nSPS) is 11.2. The SMILES string of the molecule is C/C(=C\C(=O)c1ccc(Cl)cc1)Nc1cccc(O)c1. The van der Waals surface area contributed by atoms with E-state index in [1.807, 2.05) is 6.07 Å². The van der Waals surface area contributed by atoms with Gasteiger partial charge in [-0.2, -0.15) is 0 Å². The molecular weight excluding hydrogens is 274 g/mol. The molecule has 0 aromatic heterocycles. The lowest BCUT2D eigenvalue weighted by Gasteiger charge is -2.06. The molecular formula is C16H14ClNO2. The van der Waals surface area contributed by atoms with Gasteiger partial charge >= 0.3 is 0 Å². The Morgan fingerprint density at radius 2 is 1.90 bits per heavy atom. The van der Waals surface area contributed by atoms with Crippen LogP contribution in [0.15, 0.2) is 60.3 Å². The molecule has 4 heteroatoms. The first-order valence-corrected chi connectivity index (χ1v) is 6.46. The molecule has 0 radical (unpaired) electrons. The Morgan fingerprint density at radius 3 is 2.55 bits per heavy atom. The summed E-state index contributed by atoms with van der Waals surface area (Å²) < 4.78 is 0. The monoisotopic (exact) mass is 287 g/mol. The lowest BCUT2D eigenvalue weighted by atomic mass is 10.1. The predicted octanol–water partition coefficient (Wildman–Crippen LogP) is 4.24. The van der Waals surface area contributed by atoms with Gasteiger partial charge in [-0.15, -0.1) is 0 Å². The fourth-order valence-electron chi connectivity index (χ4n) is 1.74. The first-order valence-electron chi connectivity index (χ1n) is 6.09. The highest BCUT2D eigenvalue weighted by Gasteiger charge is 2.03. The van der Waals surface area contributed by atoms with Crippen molar-refractivity contribution in [3.05, 3.63) is 70.9 Å². The molecule has 2 aromatic rings. The Bertz CT molecular complexity index is 648. The van der Waals surface area contributed by atoms with Crippen molar-refractivity contribution in [2.75, 3.05) is 5.32 Å². The largest absolute Gasteiger partial charge is 0.508 e. The van der Waals surface area contributed by atoms with Crippen molar-refractivity contribution in [2.45, 2.75) is 6.92 Å². The summed E-state index contributed by atoms with van der Waals surface area (Å²) in [6, 6.07) is 13.4. The molecule has 2 N–H and O–H groups in total. The fraction of sp³-hybridized carbons (Fsp3) is 0.0625. The number of hydrogen-bond donors (Lipinski definition) is 2. The highest BCUT2D eigenvalue weighted by atomic mass is 35.5. The average molecular weight is 288 g/mol. The van der Waals surface area contributed by atoms with Crippen molar-refractivity contribution < 1.29 is 9.90 Å². The average Bonchev–Trinajstić information content (AvgIpc) is 2.39. The third kappa shape index (κ3) is 3.87. The van der Waals surface area contributed by atoms with Crippen LogP contribution < -0.4 is 5.32 Å². The number of carbonyl (C=O) groups is 1. The van der Waals surface area contributed by atoms with Gasteiger partial charge in [-0.1, -0.05) is 17.7 Å². The third-order valence-corrected chi connectivity index (χ3v) is 2.92. The molecule has 0 spiro atoms. The van der Waals surface area contributed by atoms with Crippen molar-refractivity contribution in [3.8, 4) is 5.75 Å². The molecule has 102 valence electrons. The van der Waals surface area contributed by atoms with Gasteiger partial charge in [0.2, 0.25) is 0 Å². The summed E-state index contributed by atoms with van der Waals surface area (Å²) in [5.74, 6) is 0.0682. The van der Waals surface area contributed by atoms with E-state index in [-0.39, 0.29) is 11.5 Å². The first-order chi connectivity index (χ1) is 9.54. The molecule has 2 aromatic carbocycles. The van der Waals surface area contributed by atoms with Crippen LogP contribution in [0, 0.1) is 0 Å². The lowest BCUT2D eigenvalue weighted by molar-refractivity contribution is 0.104. The van der Waals surface area contributed by atoms with Crippen LogP contribution in [0.5, 0.6) is 5.75 Å². The molecule has 0 unspecified atom stereocenters. The highest BCUT2D eigenvalue weighted by molar-refractivity contribution is 6.30. The number of phenolic OH excluding ortho intramolecular Hbond substituents is 1. The summed E-state index contributed by atoms with van der Waals surface area (Å²) >= 11 is 5.78. The second kappa shape index (κ2) is 6.26. The van der Waals surface area contributed by atoms with Crippen molar-refractivity contribution in [2.24, 2.45) is 0 Å². The summed E-state index contributed by atoms with van der Waals surface area (Å²) in [5.41, 5.74) is 1.99. The maximum atomic E-state index is 12.0. The van der Waals surface area contributed by atoms with E-state index in [0.29, 0.717) is 16.3 Å². The van der Waals surface area contributed by atoms with E-state index in [1.165, 1.54) is 6.08 Å². The van der Waals surface area contributed by atoms with Crippen molar-refractivity contribution in [3.63, 3.8) is 0 Å². The van der Waals surface area contributed by atoms with Gasteiger partial charge in [-0.25, -0.2) is 0 Å². The second-order valence-electron chi connectivity index (χ2n) is 4.37. The fourth-order valence-corrected chi connectivity index (χ4v) is 1.87. The van der Waals surface area contributed by atoms with E-state index in [9.17, 15) is 9.90 Å². The van der Waals surface area contributed by atoms with E-state index in [0.717, 1.165) is 5.69 Å². The van der Waals surface area contributed by atoms with Gasteiger partial charge in [0, 0.05) is 34.1 Å². The van der Waals surface area contributed by atoms with E-state index in [1.54, 1.807) is 49.4 Å². The summed E-state index contributed by atoms with van der Waals surface area (Å²) in [4.78, 5) is 12.0. The minimum Gasteiger partial charge on any atom is -0.508 e.